The maximum Gasteiger partial charge on any atom is 0.268 e. The number of nitriles is 1. The molecule has 0 aliphatic rings. The summed E-state index contributed by atoms with van der Waals surface area (Å²) < 4.78 is 0. The van der Waals surface area contributed by atoms with Crippen molar-refractivity contribution < 1.29 is 19.6 Å². The molecule has 4 N–H and O–H groups in total. The molecule has 0 aliphatic carbocycles. The minimum absolute atomic E-state index is 0.0317. The Kier molecular flexibility index (Phi) is 11.7. The Morgan fingerprint density at radius 3 is 2.41 bits per heavy atom. The Hall–Kier alpha value is -3.22. The van der Waals surface area contributed by atoms with Crippen LogP contribution in [0.1, 0.15) is 52.0 Å². The van der Waals surface area contributed by atoms with Crippen LogP contribution in [0.25, 0.3) is 6.08 Å². The summed E-state index contributed by atoms with van der Waals surface area (Å²) in [4.78, 5) is 38.6. The second kappa shape index (κ2) is 14.0. The van der Waals surface area contributed by atoms with Gasteiger partial charge in [-0.05, 0) is 31.2 Å². The first-order chi connectivity index (χ1) is 15.2. The van der Waals surface area contributed by atoms with Gasteiger partial charge in [-0.2, -0.15) is 5.26 Å². The quantitative estimate of drug-likeness (QED) is 0.354. The lowest BCUT2D eigenvalue weighted by Crippen LogP contribution is -2.61. The first kappa shape index (κ1) is 26.8. The Balaban J connectivity index is 3.35. The number of benzene rings is 1. The van der Waals surface area contributed by atoms with E-state index in [0.29, 0.717) is 6.42 Å². The van der Waals surface area contributed by atoms with Crippen molar-refractivity contribution in [3.05, 3.63) is 42.0 Å². The largest absolute Gasteiger partial charge is 0.320 e. The lowest BCUT2D eigenvalue weighted by Gasteiger charge is -2.39. The molecule has 1 aromatic rings. The van der Waals surface area contributed by atoms with Crippen molar-refractivity contribution >= 4 is 23.8 Å². The highest BCUT2D eigenvalue weighted by Gasteiger charge is 2.36. The number of carbonyl (C=O) groups excluding carboxylic acids is 3. The molecule has 0 aliphatic heterocycles. The number of carbonyl (C=O) groups is 3. The van der Waals surface area contributed by atoms with E-state index in [-0.39, 0.29) is 31.7 Å². The molecule has 2 atom stereocenters. The predicted octanol–water partition coefficient (Wildman–Crippen LogP) is 2.23. The Morgan fingerprint density at radius 1 is 1.22 bits per heavy atom. The number of rotatable bonds is 11. The third kappa shape index (κ3) is 8.49. The predicted molar refractivity (Wildman–Crippen MR) is 120 cm³/mol. The van der Waals surface area contributed by atoms with Crippen LogP contribution in [0.2, 0.25) is 0 Å². The molecular formula is C23H33N5O4. The summed E-state index contributed by atoms with van der Waals surface area (Å²) in [6, 6.07) is 9.15. The number of hydrogen-bond donors (Lipinski definition) is 3. The van der Waals surface area contributed by atoms with Gasteiger partial charge in [0, 0.05) is 6.42 Å². The minimum Gasteiger partial charge on any atom is -0.320 e. The van der Waals surface area contributed by atoms with Gasteiger partial charge in [0.15, 0.2) is 0 Å². The van der Waals surface area contributed by atoms with Gasteiger partial charge in [-0.15, -0.1) is 0 Å². The monoisotopic (exact) mass is 443 g/mol. The number of nitrogens with one attached hydrogen (secondary N) is 1. The smallest absolute Gasteiger partial charge is 0.268 e. The summed E-state index contributed by atoms with van der Waals surface area (Å²) >= 11 is 0. The number of amides is 3. The van der Waals surface area contributed by atoms with Crippen LogP contribution >= 0.6 is 0 Å². The number of hydrogen-bond acceptors (Lipinski definition) is 6. The molecule has 9 nitrogen and oxygen atoms in total. The van der Waals surface area contributed by atoms with Crippen LogP contribution in [0.4, 0.5) is 0 Å². The molecule has 0 radical (unpaired) electrons. The average Bonchev–Trinajstić information content (AvgIpc) is 2.78. The van der Waals surface area contributed by atoms with E-state index in [2.05, 4.69) is 0 Å². The van der Waals surface area contributed by atoms with Gasteiger partial charge in [0.05, 0.1) is 25.1 Å². The molecule has 1 rings (SSSR count). The molecule has 1 aromatic carbocycles. The molecule has 0 fully saturated rings. The third-order valence-electron chi connectivity index (χ3n) is 4.71. The second-order valence-electron chi connectivity index (χ2n) is 7.87. The first-order valence-electron chi connectivity index (χ1n) is 10.6. The van der Waals surface area contributed by atoms with Crippen molar-refractivity contribution in [2.75, 3.05) is 6.54 Å². The lowest BCUT2D eigenvalue weighted by molar-refractivity contribution is -0.174. The van der Waals surface area contributed by atoms with E-state index in [0.717, 1.165) is 15.6 Å². The normalized spacial score (nSPS) is 12.8. The van der Waals surface area contributed by atoms with Crippen LogP contribution in [0.5, 0.6) is 0 Å². The summed E-state index contributed by atoms with van der Waals surface area (Å²) in [7, 11) is 0. The van der Waals surface area contributed by atoms with E-state index in [1.807, 2.05) is 50.2 Å². The SMILES string of the molecule is CC(C)CCC(=O)N([C@@H](CC=Cc1ccccc1)C(=O)NO)N(CCC#N)C(=O)[C@@H](C)N. The first-order valence-corrected chi connectivity index (χ1v) is 10.6. The minimum atomic E-state index is -1.21. The number of hydrazine groups is 1. The van der Waals surface area contributed by atoms with Gasteiger partial charge >= 0.3 is 0 Å². The average molecular weight is 444 g/mol. The van der Waals surface area contributed by atoms with Crippen molar-refractivity contribution in [2.24, 2.45) is 11.7 Å². The van der Waals surface area contributed by atoms with Crippen molar-refractivity contribution in [3.63, 3.8) is 0 Å². The lowest BCUT2D eigenvalue weighted by atomic mass is 10.1. The Morgan fingerprint density at radius 2 is 1.88 bits per heavy atom. The van der Waals surface area contributed by atoms with Crippen LogP contribution in [0.3, 0.4) is 0 Å². The fraction of sp³-hybridized carbons (Fsp3) is 0.478. The summed E-state index contributed by atoms with van der Waals surface area (Å²) in [5.41, 5.74) is 8.26. The molecular weight excluding hydrogens is 410 g/mol. The van der Waals surface area contributed by atoms with Crippen LogP contribution in [0, 0.1) is 17.2 Å². The molecule has 0 bridgehead atoms. The summed E-state index contributed by atoms with van der Waals surface area (Å²) in [6.07, 6.45) is 4.08. The zero-order chi connectivity index (χ0) is 24.1. The van der Waals surface area contributed by atoms with E-state index in [1.165, 1.54) is 6.92 Å². The molecule has 0 heterocycles. The highest BCUT2D eigenvalue weighted by atomic mass is 16.5. The topological polar surface area (TPSA) is 140 Å². The third-order valence-corrected chi connectivity index (χ3v) is 4.71. The number of nitrogens with two attached hydrogens (primary N) is 1. The number of nitrogens with zero attached hydrogens (tertiary/aromatic N) is 3. The Labute approximate surface area is 189 Å². The van der Waals surface area contributed by atoms with Crippen LogP contribution < -0.4 is 11.2 Å². The van der Waals surface area contributed by atoms with Gasteiger partial charge in [-0.25, -0.2) is 15.5 Å². The van der Waals surface area contributed by atoms with Crippen molar-refractivity contribution in [2.45, 2.75) is 58.5 Å². The van der Waals surface area contributed by atoms with Crippen molar-refractivity contribution in [1.29, 1.82) is 5.26 Å². The Bertz CT molecular complexity index is 817. The molecule has 0 saturated heterocycles. The van der Waals surface area contributed by atoms with Gasteiger partial charge < -0.3 is 5.73 Å². The standard InChI is InChI=1S/C23H33N5O4/c1-17(2)13-14-21(29)28(27(16-8-15-24)23(31)18(3)25)20(22(30)26-32)12-7-11-19-9-5-4-6-10-19/h4-7,9-11,17-18,20,32H,8,12-14,16,25H2,1-3H3,(H,26,30)/t18-,20+/m1/s1. The fourth-order valence-corrected chi connectivity index (χ4v) is 3.01. The van der Waals surface area contributed by atoms with Crippen molar-refractivity contribution in [3.8, 4) is 6.07 Å². The molecule has 9 heteroatoms. The molecule has 174 valence electrons. The van der Waals surface area contributed by atoms with E-state index in [4.69, 9.17) is 11.0 Å². The van der Waals surface area contributed by atoms with Gasteiger partial charge in [-0.3, -0.25) is 19.6 Å². The highest BCUT2D eigenvalue weighted by molar-refractivity contribution is 5.90. The summed E-state index contributed by atoms with van der Waals surface area (Å²) in [5.74, 6) is -1.69. The summed E-state index contributed by atoms with van der Waals surface area (Å²) in [6.45, 7) is 5.27. The van der Waals surface area contributed by atoms with E-state index < -0.39 is 29.8 Å². The van der Waals surface area contributed by atoms with Crippen LogP contribution in [-0.4, -0.2) is 51.6 Å². The maximum atomic E-state index is 13.2. The number of hydroxylamine groups is 1. The van der Waals surface area contributed by atoms with Crippen LogP contribution in [-0.2, 0) is 14.4 Å². The van der Waals surface area contributed by atoms with Crippen LogP contribution in [0.15, 0.2) is 36.4 Å². The van der Waals surface area contributed by atoms with E-state index in [1.54, 1.807) is 17.6 Å². The molecule has 0 aromatic heterocycles. The molecule has 0 unspecified atom stereocenters. The van der Waals surface area contributed by atoms with Gasteiger partial charge in [0.2, 0.25) is 5.91 Å². The molecule has 32 heavy (non-hydrogen) atoms. The van der Waals surface area contributed by atoms with Gasteiger partial charge in [-0.1, -0.05) is 56.3 Å². The van der Waals surface area contributed by atoms with E-state index >= 15 is 0 Å². The van der Waals surface area contributed by atoms with E-state index in [9.17, 15) is 19.6 Å². The van der Waals surface area contributed by atoms with Crippen molar-refractivity contribution in [1.82, 2.24) is 15.5 Å². The van der Waals surface area contributed by atoms with Gasteiger partial charge in [0.1, 0.15) is 6.04 Å². The summed E-state index contributed by atoms with van der Waals surface area (Å²) in [5, 5.41) is 20.5. The fourth-order valence-electron chi connectivity index (χ4n) is 3.01. The zero-order valence-electron chi connectivity index (χ0n) is 18.9. The zero-order valence-corrected chi connectivity index (χ0v) is 18.9. The molecule has 3 amide bonds. The molecule has 0 saturated carbocycles. The molecule has 0 spiro atoms. The second-order valence-corrected chi connectivity index (χ2v) is 7.87. The van der Waals surface area contributed by atoms with Gasteiger partial charge in [0.25, 0.3) is 11.8 Å². The maximum absolute atomic E-state index is 13.2. The highest BCUT2D eigenvalue weighted by Crippen LogP contribution is 2.18.